The van der Waals surface area contributed by atoms with E-state index in [1.165, 1.54) is 6.92 Å². The van der Waals surface area contributed by atoms with E-state index in [0.717, 1.165) is 25.7 Å². The van der Waals surface area contributed by atoms with Crippen molar-refractivity contribution in [3.05, 3.63) is 0 Å². The molecule has 0 fully saturated rings. The Morgan fingerprint density at radius 1 is 1.11 bits per heavy atom. The molecule has 0 rings (SSSR count). The van der Waals surface area contributed by atoms with Gasteiger partial charge in [-0.2, -0.15) is 0 Å². The molecule has 0 radical (unpaired) electrons. The molecule has 108 valence electrons. The first-order valence-corrected chi connectivity index (χ1v) is 7.99. The SMILES string of the molecule is CCCCOP(=O)(OCCCC)OC(C)C(C)=O. The Hall–Kier alpha value is -0.220. The minimum Gasteiger partial charge on any atom is -0.297 e. The van der Waals surface area contributed by atoms with Gasteiger partial charge in [0, 0.05) is 0 Å². The van der Waals surface area contributed by atoms with Gasteiger partial charge in [0.2, 0.25) is 0 Å². The Morgan fingerprint density at radius 3 is 1.89 bits per heavy atom. The fourth-order valence-corrected chi connectivity index (χ4v) is 2.44. The third kappa shape index (κ3) is 7.98. The predicted octanol–water partition coefficient (Wildman–Crippen LogP) is 3.72. The molecule has 0 spiro atoms. The number of Topliss-reactive ketones (excluding diaryl/α,β-unsaturated/α-hetero) is 1. The lowest BCUT2D eigenvalue weighted by Crippen LogP contribution is -2.18. The molecule has 0 saturated carbocycles. The summed E-state index contributed by atoms with van der Waals surface area (Å²) in [5, 5.41) is 0. The minimum atomic E-state index is -3.61. The first-order chi connectivity index (χ1) is 8.45. The summed E-state index contributed by atoms with van der Waals surface area (Å²) in [6.45, 7) is 7.56. The fourth-order valence-electron chi connectivity index (χ4n) is 1.01. The average Bonchev–Trinajstić information content (AvgIpc) is 2.29. The molecule has 0 amide bonds. The number of carbonyl (C=O) groups is 1. The van der Waals surface area contributed by atoms with E-state index in [2.05, 4.69) is 0 Å². The van der Waals surface area contributed by atoms with E-state index >= 15 is 0 Å². The highest BCUT2D eigenvalue weighted by Gasteiger charge is 2.30. The summed E-state index contributed by atoms with van der Waals surface area (Å²) in [4.78, 5) is 11.1. The Morgan fingerprint density at radius 2 is 1.56 bits per heavy atom. The van der Waals surface area contributed by atoms with Gasteiger partial charge in [-0.25, -0.2) is 4.57 Å². The molecule has 0 aromatic rings. The van der Waals surface area contributed by atoms with Gasteiger partial charge in [-0.1, -0.05) is 26.7 Å². The fraction of sp³-hybridized carbons (Fsp3) is 0.917. The molecule has 0 aliphatic heterocycles. The van der Waals surface area contributed by atoms with E-state index in [1.807, 2.05) is 13.8 Å². The summed E-state index contributed by atoms with van der Waals surface area (Å²) >= 11 is 0. The van der Waals surface area contributed by atoms with Crippen LogP contribution in [0.1, 0.15) is 53.4 Å². The maximum absolute atomic E-state index is 12.3. The van der Waals surface area contributed by atoms with Crippen molar-refractivity contribution in [2.75, 3.05) is 13.2 Å². The summed E-state index contributed by atoms with van der Waals surface area (Å²) in [5.41, 5.74) is 0. The molecule has 0 aromatic heterocycles. The van der Waals surface area contributed by atoms with Gasteiger partial charge in [-0.3, -0.25) is 18.4 Å². The van der Waals surface area contributed by atoms with Crippen LogP contribution in [0.2, 0.25) is 0 Å². The summed E-state index contributed by atoms with van der Waals surface area (Å²) in [6.07, 6.45) is 2.63. The van der Waals surface area contributed by atoms with E-state index in [-0.39, 0.29) is 5.78 Å². The molecule has 0 N–H and O–H groups in total. The molecule has 18 heavy (non-hydrogen) atoms. The van der Waals surface area contributed by atoms with Crippen LogP contribution in [0.5, 0.6) is 0 Å². The molecule has 6 heteroatoms. The third-order valence-corrected chi connectivity index (χ3v) is 3.93. The molecule has 0 saturated heterocycles. The molecule has 5 nitrogen and oxygen atoms in total. The van der Waals surface area contributed by atoms with E-state index in [9.17, 15) is 9.36 Å². The number of rotatable bonds is 11. The number of phosphoric acid groups is 1. The molecule has 0 heterocycles. The Labute approximate surface area is 110 Å². The van der Waals surface area contributed by atoms with E-state index in [0.29, 0.717) is 13.2 Å². The monoisotopic (exact) mass is 280 g/mol. The van der Waals surface area contributed by atoms with Crippen LogP contribution in [0.15, 0.2) is 0 Å². The zero-order valence-electron chi connectivity index (χ0n) is 11.8. The Balaban J connectivity index is 4.38. The highest BCUT2D eigenvalue weighted by molar-refractivity contribution is 7.48. The molecule has 1 atom stereocenters. The Bertz CT molecular complexity index is 266. The molecular formula is C12H25O5P. The summed E-state index contributed by atoms with van der Waals surface area (Å²) < 4.78 is 27.8. The molecule has 0 aromatic carbocycles. The number of ketones is 1. The van der Waals surface area contributed by atoms with Crippen molar-refractivity contribution >= 4 is 13.6 Å². The standard InChI is InChI=1S/C12H25O5P/c1-5-7-9-15-18(14,16-10-8-6-2)17-12(4)11(3)13/h12H,5-10H2,1-4H3. The summed E-state index contributed by atoms with van der Waals surface area (Å²) in [5.74, 6) is -0.201. The van der Waals surface area contributed by atoms with Crippen molar-refractivity contribution in [3.63, 3.8) is 0 Å². The maximum Gasteiger partial charge on any atom is 0.475 e. The second kappa shape index (κ2) is 9.68. The quantitative estimate of drug-likeness (QED) is 0.426. The van der Waals surface area contributed by atoms with Crippen LogP contribution in [0.25, 0.3) is 0 Å². The van der Waals surface area contributed by atoms with Crippen LogP contribution in [0.3, 0.4) is 0 Å². The van der Waals surface area contributed by atoms with Gasteiger partial charge in [-0.05, 0) is 26.7 Å². The van der Waals surface area contributed by atoms with Crippen LogP contribution in [-0.2, 0) is 22.9 Å². The smallest absolute Gasteiger partial charge is 0.297 e. The van der Waals surface area contributed by atoms with E-state index < -0.39 is 13.9 Å². The summed E-state index contributed by atoms with van der Waals surface area (Å²) in [7, 11) is -3.61. The zero-order chi connectivity index (χ0) is 14.0. The van der Waals surface area contributed by atoms with Crippen molar-refractivity contribution in [3.8, 4) is 0 Å². The van der Waals surface area contributed by atoms with Gasteiger partial charge in [0.15, 0.2) is 5.78 Å². The highest BCUT2D eigenvalue weighted by atomic mass is 31.2. The largest absolute Gasteiger partial charge is 0.475 e. The maximum atomic E-state index is 12.3. The second-order valence-corrected chi connectivity index (χ2v) is 5.80. The average molecular weight is 280 g/mol. The minimum absolute atomic E-state index is 0.201. The van der Waals surface area contributed by atoms with Crippen LogP contribution in [0, 0.1) is 0 Å². The third-order valence-electron chi connectivity index (χ3n) is 2.35. The van der Waals surface area contributed by atoms with Crippen LogP contribution < -0.4 is 0 Å². The molecule has 1 unspecified atom stereocenters. The number of hydrogen-bond donors (Lipinski definition) is 0. The van der Waals surface area contributed by atoms with E-state index in [4.69, 9.17) is 13.6 Å². The van der Waals surface area contributed by atoms with Gasteiger partial charge in [-0.15, -0.1) is 0 Å². The number of carbonyl (C=O) groups excluding carboxylic acids is 1. The summed E-state index contributed by atoms with van der Waals surface area (Å²) in [6, 6.07) is 0. The normalized spacial score (nSPS) is 13.6. The number of unbranched alkanes of at least 4 members (excludes halogenated alkanes) is 2. The van der Waals surface area contributed by atoms with Gasteiger partial charge in [0.05, 0.1) is 13.2 Å². The second-order valence-electron chi connectivity index (χ2n) is 4.18. The van der Waals surface area contributed by atoms with Gasteiger partial charge < -0.3 is 0 Å². The van der Waals surface area contributed by atoms with Crippen LogP contribution in [0.4, 0.5) is 0 Å². The number of hydrogen-bond acceptors (Lipinski definition) is 5. The topological polar surface area (TPSA) is 61.8 Å². The van der Waals surface area contributed by atoms with Gasteiger partial charge >= 0.3 is 7.82 Å². The molecule has 0 bridgehead atoms. The lowest BCUT2D eigenvalue weighted by atomic mass is 10.3. The lowest BCUT2D eigenvalue weighted by Gasteiger charge is -2.20. The first kappa shape index (κ1) is 17.8. The molecule has 0 aliphatic rings. The van der Waals surface area contributed by atoms with E-state index in [1.54, 1.807) is 6.92 Å². The highest BCUT2D eigenvalue weighted by Crippen LogP contribution is 2.50. The van der Waals surface area contributed by atoms with Crippen molar-refractivity contribution in [1.82, 2.24) is 0 Å². The number of phosphoric ester groups is 1. The molecular weight excluding hydrogens is 255 g/mol. The molecule has 0 aliphatic carbocycles. The zero-order valence-corrected chi connectivity index (χ0v) is 12.7. The van der Waals surface area contributed by atoms with Crippen LogP contribution in [-0.4, -0.2) is 25.1 Å². The van der Waals surface area contributed by atoms with Crippen molar-refractivity contribution < 1.29 is 22.9 Å². The Kier molecular flexibility index (Phi) is 9.56. The van der Waals surface area contributed by atoms with Gasteiger partial charge in [0.1, 0.15) is 6.10 Å². The van der Waals surface area contributed by atoms with Crippen molar-refractivity contribution in [2.45, 2.75) is 59.5 Å². The first-order valence-electron chi connectivity index (χ1n) is 6.53. The van der Waals surface area contributed by atoms with Crippen molar-refractivity contribution in [1.29, 1.82) is 0 Å². The lowest BCUT2D eigenvalue weighted by molar-refractivity contribution is -0.124. The van der Waals surface area contributed by atoms with Gasteiger partial charge in [0.25, 0.3) is 0 Å². The van der Waals surface area contributed by atoms with Crippen molar-refractivity contribution in [2.24, 2.45) is 0 Å². The van der Waals surface area contributed by atoms with Crippen LogP contribution >= 0.6 is 7.82 Å². The predicted molar refractivity (Wildman–Crippen MR) is 70.6 cm³/mol.